The average molecular weight is 325 g/mol. The summed E-state index contributed by atoms with van der Waals surface area (Å²) in [5.74, 6) is 0. The first-order chi connectivity index (χ1) is 11.0. The molecular formula is C18H23N3OSi. The lowest BCUT2D eigenvalue weighted by molar-refractivity contribution is 0.0817. The monoisotopic (exact) mass is 325 g/mol. The number of benzene rings is 1. The van der Waals surface area contributed by atoms with Gasteiger partial charge in [0.05, 0.1) is 11.7 Å². The first-order valence-corrected chi connectivity index (χ1v) is 11.7. The Hall–Kier alpha value is -1.98. The highest BCUT2D eigenvalue weighted by molar-refractivity contribution is 6.76. The molecule has 0 bridgehead atoms. The molecule has 0 aliphatic carbocycles. The fourth-order valence-electron chi connectivity index (χ4n) is 2.43. The minimum absolute atomic E-state index is 0.514. The number of aromatic nitrogens is 3. The summed E-state index contributed by atoms with van der Waals surface area (Å²) >= 11 is 0. The first kappa shape index (κ1) is 15.9. The van der Waals surface area contributed by atoms with Crippen LogP contribution in [0.2, 0.25) is 25.7 Å². The van der Waals surface area contributed by atoms with Crippen LogP contribution in [0.5, 0.6) is 0 Å². The summed E-state index contributed by atoms with van der Waals surface area (Å²) in [6, 6.07) is 11.6. The molecule has 0 saturated heterocycles. The number of hydrogen-bond donors (Lipinski definition) is 0. The van der Waals surface area contributed by atoms with Gasteiger partial charge in [-0.3, -0.25) is 4.98 Å². The van der Waals surface area contributed by atoms with Crippen LogP contribution in [0.4, 0.5) is 0 Å². The second-order valence-corrected chi connectivity index (χ2v) is 12.6. The molecule has 2 heterocycles. The lowest BCUT2D eigenvalue weighted by Crippen LogP contribution is -2.22. The summed E-state index contributed by atoms with van der Waals surface area (Å²) < 4.78 is 7.73. The van der Waals surface area contributed by atoms with Crippen LogP contribution in [0.25, 0.3) is 22.0 Å². The molecule has 5 heteroatoms. The van der Waals surface area contributed by atoms with Gasteiger partial charge in [-0.05, 0) is 29.8 Å². The van der Waals surface area contributed by atoms with Crippen LogP contribution in [-0.4, -0.2) is 29.4 Å². The molecule has 0 saturated carbocycles. The largest absolute Gasteiger partial charge is 0.360 e. The van der Waals surface area contributed by atoms with Crippen molar-refractivity contribution in [2.45, 2.75) is 32.4 Å². The van der Waals surface area contributed by atoms with Gasteiger partial charge in [-0.15, -0.1) is 0 Å². The van der Waals surface area contributed by atoms with E-state index in [9.17, 15) is 0 Å². The lowest BCUT2D eigenvalue weighted by atomic mass is 10.1. The minimum atomic E-state index is -1.04. The predicted octanol–water partition coefficient (Wildman–Crippen LogP) is 4.41. The second kappa shape index (κ2) is 6.64. The zero-order valence-corrected chi connectivity index (χ0v) is 15.0. The van der Waals surface area contributed by atoms with Crippen LogP contribution >= 0.6 is 0 Å². The normalized spacial score (nSPS) is 12.0. The molecule has 0 radical (unpaired) electrons. The topological polar surface area (TPSA) is 39.9 Å². The summed E-state index contributed by atoms with van der Waals surface area (Å²) in [6.45, 7) is 8.41. The highest BCUT2D eigenvalue weighted by Gasteiger charge is 2.12. The van der Waals surface area contributed by atoms with E-state index in [1.165, 1.54) is 6.04 Å². The number of ether oxygens (including phenoxy) is 1. The molecule has 0 spiro atoms. The van der Waals surface area contributed by atoms with Crippen LogP contribution in [0.15, 0.2) is 48.9 Å². The average Bonchev–Trinajstić information content (AvgIpc) is 2.94. The SMILES string of the molecule is C[Si](C)(C)CCOCn1ncc2cc(-c3cccnc3)ccc21. The molecule has 2 aromatic heterocycles. The van der Waals surface area contributed by atoms with E-state index in [-0.39, 0.29) is 0 Å². The van der Waals surface area contributed by atoms with E-state index in [2.05, 4.69) is 54.0 Å². The van der Waals surface area contributed by atoms with Crippen molar-refractivity contribution < 1.29 is 4.74 Å². The Balaban J connectivity index is 1.72. The maximum atomic E-state index is 5.80. The highest BCUT2D eigenvalue weighted by Crippen LogP contribution is 2.23. The standard InChI is InChI=1S/C18H23N3OSi/c1-23(2,3)10-9-22-14-21-18-7-6-15(11-17(18)13-20-21)16-5-4-8-19-12-16/h4-8,11-13H,9-10,14H2,1-3H3. The summed E-state index contributed by atoms with van der Waals surface area (Å²) in [5.41, 5.74) is 3.38. The molecule has 4 nitrogen and oxygen atoms in total. The van der Waals surface area contributed by atoms with E-state index in [0.29, 0.717) is 6.73 Å². The summed E-state index contributed by atoms with van der Waals surface area (Å²) in [4.78, 5) is 4.18. The fraction of sp³-hybridized carbons (Fsp3) is 0.333. The Morgan fingerprint density at radius 1 is 1.09 bits per heavy atom. The van der Waals surface area contributed by atoms with Gasteiger partial charge in [-0.1, -0.05) is 31.8 Å². The molecular weight excluding hydrogens is 302 g/mol. The van der Waals surface area contributed by atoms with Crippen LogP contribution in [0.3, 0.4) is 0 Å². The molecule has 3 aromatic rings. The molecule has 3 rings (SSSR count). The van der Waals surface area contributed by atoms with E-state index in [0.717, 1.165) is 28.6 Å². The number of pyridine rings is 1. The van der Waals surface area contributed by atoms with Gasteiger partial charge in [0.25, 0.3) is 0 Å². The van der Waals surface area contributed by atoms with Crippen molar-refractivity contribution in [1.29, 1.82) is 0 Å². The van der Waals surface area contributed by atoms with E-state index in [1.807, 2.05) is 23.1 Å². The maximum Gasteiger partial charge on any atom is 0.139 e. The Kier molecular flexibility index (Phi) is 4.59. The third-order valence-electron chi connectivity index (χ3n) is 3.85. The van der Waals surface area contributed by atoms with Crippen LogP contribution < -0.4 is 0 Å². The number of hydrogen-bond acceptors (Lipinski definition) is 3. The molecule has 120 valence electrons. The van der Waals surface area contributed by atoms with E-state index in [1.54, 1.807) is 6.20 Å². The summed E-state index contributed by atoms with van der Waals surface area (Å²) in [6.07, 6.45) is 5.57. The fourth-order valence-corrected chi connectivity index (χ4v) is 3.19. The van der Waals surface area contributed by atoms with Gasteiger partial charge < -0.3 is 4.74 Å². The minimum Gasteiger partial charge on any atom is -0.360 e. The zero-order valence-electron chi connectivity index (χ0n) is 14.0. The van der Waals surface area contributed by atoms with Gasteiger partial charge in [-0.2, -0.15) is 5.10 Å². The van der Waals surface area contributed by atoms with E-state index >= 15 is 0 Å². The van der Waals surface area contributed by atoms with E-state index < -0.39 is 8.07 Å². The third kappa shape index (κ3) is 4.06. The van der Waals surface area contributed by atoms with Crippen molar-refractivity contribution in [2.75, 3.05) is 6.61 Å². The van der Waals surface area contributed by atoms with Crippen LogP contribution in [0, 0.1) is 0 Å². The summed E-state index contributed by atoms with van der Waals surface area (Å²) in [5, 5.41) is 5.58. The molecule has 1 aromatic carbocycles. The summed E-state index contributed by atoms with van der Waals surface area (Å²) in [7, 11) is -1.04. The molecule has 0 N–H and O–H groups in total. The van der Waals surface area contributed by atoms with Crippen molar-refractivity contribution >= 4 is 19.0 Å². The molecule has 0 atom stereocenters. The van der Waals surface area contributed by atoms with Crippen molar-refractivity contribution in [3.8, 4) is 11.1 Å². The molecule has 23 heavy (non-hydrogen) atoms. The Bertz CT molecular complexity index is 778. The van der Waals surface area contributed by atoms with Gasteiger partial charge in [0.2, 0.25) is 0 Å². The van der Waals surface area contributed by atoms with Gasteiger partial charge >= 0.3 is 0 Å². The lowest BCUT2D eigenvalue weighted by Gasteiger charge is -2.15. The van der Waals surface area contributed by atoms with Crippen LogP contribution in [-0.2, 0) is 11.5 Å². The molecule has 0 fully saturated rings. The number of nitrogens with zero attached hydrogens (tertiary/aromatic N) is 3. The van der Waals surface area contributed by atoms with Gasteiger partial charge in [-0.25, -0.2) is 4.68 Å². The van der Waals surface area contributed by atoms with Crippen molar-refractivity contribution in [1.82, 2.24) is 14.8 Å². The molecule has 0 aliphatic rings. The quantitative estimate of drug-likeness (QED) is 0.498. The number of fused-ring (bicyclic) bond motifs is 1. The van der Waals surface area contributed by atoms with Gasteiger partial charge in [0.1, 0.15) is 6.73 Å². The highest BCUT2D eigenvalue weighted by atomic mass is 28.3. The first-order valence-electron chi connectivity index (χ1n) is 7.97. The zero-order chi connectivity index (χ0) is 16.3. The molecule has 0 amide bonds. The Morgan fingerprint density at radius 2 is 1.96 bits per heavy atom. The number of rotatable bonds is 6. The van der Waals surface area contributed by atoms with Crippen molar-refractivity contribution in [2.24, 2.45) is 0 Å². The maximum absolute atomic E-state index is 5.80. The smallest absolute Gasteiger partial charge is 0.139 e. The van der Waals surface area contributed by atoms with Crippen molar-refractivity contribution in [3.05, 3.63) is 48.9 Å². The second-order valence-electron chi connectivity index (χ2n) is 7.01. The van der Waals surface area contributed by atoms with Gasteiger partial charge in [0, 0.05) is 38.0 Å². The predicted molar refractivity (Wildman–Crippen MR) is 97.1 cm³/mol. The van der Waals surface area contributed by atoms with E-state index in [4.69, 9.17) is 4.74 Å². The van der Waals surface area contributed by atoms with Crippen LogP contribution in [0.1, 0.15) is 0 Å². The van der Waals surface area contributed by atoms with Gasteiger partial charge in [0.15, 0.2) is 0 Å². The Labute approximate surface area is 138 Å². The Morgan fingerprint density at radius 3 is 2.70 bits per heavy atom. The third-order valence-corrected chi connectivity index (χ3v) is 5.55. The van der Waals surface area contributed by atoms with Crippen molar-refractivity contribution in [3.63, 3.8) is 0 Å². The molecule has 0 unspecified atom stereocenters. The molecule has 0 aliphatic heterocycles.